The number of aromatic nitrogens is 1. The molecule has 6 nitrogen and oxygen atoms in total. The first kappa shape index (κ1) is 17.9. The van der Waals surface area contributed by atoms with E-state index in [4.69, 9.17) is 14.0 Å². The molecule has 144 valence electrons. The highest BCUT2D eigenvalue weighted by molar-refractivity contribution is 5.52. The summed E-state index contributed by atoms with van der Waals surface area (Å²) in [5.74, 6) is 1.16. The van der Waals surface area contributed by atoms with Gasteiger partial charge in [-0.1, -0.05) is 12.1 Å². The van der Waals surface area contributed by atoms with Gasteiger partial charge in [0.25, 0.3) is 0 Å². The molecule has 0 saturated carbocycles. The van der Waals surface area contributed by atoms with E-state index in [1.165, 1.54) is 30.5 Å². The Morgan fingerprint density at radius 1 is 1.00 bits per heavy atom. The maximum absolute atomic E-state index is 12.2. The van der Waals surface area contributed by atoms with Gasteiger partial charge in [0.1, 0.15) is 23.3 Å². The maximum atomic E-state index is 12.2. The largest absolute Gasteiger partial charge is 0.573 e. The van der Waals surface area contributed by atoms with E-state index in [2.05, 4.69) is 15.2 Å². The van der Waals surface area contributed by atoms with Crippen molar-refractivity contribution in [2.45, 2.75) is 12.5 Å². The molecule has 28 heavy (non-hydrogen) atoms. The molecule has 0 spiro atoms. The summed E-state index contributed by atoms with van der Waals surface area (Å²) in [6.07, 6.45) is -0.496. The third kappa shape index (κ3) is 4.26. The molecule has 0 fully saturated rings. The van der Waals surface area contributed by atoms with E-state index in [1.807, 2.05) is 0 Å². The Kier molecular flexibility index (Phi) is 4.66. The van der Waals surface area contributed by atoms with Gasteiger partial charge >= 0.3 is 6.36 Å². The molecule has 0 radical (unpaired) electrons. The lowest BCUT2D eigenvalue weighted by Crippen LogP contribution is -2.17. The summed E-state index contributed by atoms with van der Waals surface area (Å²) in [4.78, 5) is 9.64. The SMILES string of the molecule is FC(F)(F)Oc1ccc([C@H]2C=C(Oc3ccc(-c4ccco4)nc3)NO2)cc1. The molecule has 3 heterocycles. The predicted octanol–water partition coefficient (Wildman–Crippen LogP) is 4.74. The van der Waals surface area contributed by atoms with Crippen LogP contribution in [0.4, 0.5) is 13.2 Å². The van der Waals surface area contributed by atoms with Crippen molar-refractivity contribution >= 4 is 0 Å². The average Bonchev–Trinajstić information content (AvgIpc) is 3.34. The van der Waals surface area contributed by atoms with Gasteiger partial charge in [-0.15, -0.1) is 13.2 Å². The number of nitrogens with one attached hydrogen (secondary N) is 1. The first-order valence-corrected chi connectivity index (χ1v) is 8.13. The van der Waals surface area contributed by atoms with Crippen molar-refractivity contribution in [3.05, 3.63) is 78.5 Å². The number of nitrogens with zero attached hydrogens (tertiary/aromatic N) is 1. The molecule has 0 saturated heterocycles. The number of pyridine rings is 1. The van der Waals surface area contributed by atoms with E-state index in [0.717, 1.165) is 0 Å². The molecule has 0 bridgehead atoms. The number of benzene rings is 1. The van der Waals surface area contributed by atoms with Crippen LogP contribution >= 0.6 is 0 Å². The average molecular weight is 390 g/mol. The molecule has 1 N–H and O–H groups in total. The number of hydroxylamine groups is 1. The van der Waals surface area contributed by atoms with Gasteiger partial charge in [-0.25, -0.2) is 10.5 Å². The van der Waals surface area contributed by atoms with Gasteiger partial charge < -0.3 is 13.9 Å². The summed E-state index contributed by atoms with van der Waals surface area (Å²) in [6.45, 7) is 0. The fourth-order valence-corrected chi connectivity index (χ4v) is 2.54. The zero-order valence-corrected chi connectivity index (χ0v) is 14.1. The van der Waals surface area contributed by atoms with Crippen LogP contribution in [0.5, 0.6) is 11.5 Å². The summed E-state index contributed by atoms with van der Waals surface area (Å²) in [7, 11) is 0. The fraction of sp³-hybridized carbons (Fsp3) is 0.105. The first-order valence-electron chi connectivity index (χ1n) is 8.13. The molecule has 4 rings (SSSR count). The Morgan fingerprint density at radius 3 is 2.43 bits per heavy atom. The van der Waals surface area contributed by atoms with Crippen LogP contribution in [0.3, 0.4) is 0 Å². The van der Waals surface area contributed by atoms with Crippen LogP contribution in [-0.2, 0) is 4.84 Å². The number of rotatable bonds is 5. The van der Waals surface area contributed by atoms with Gasteiger partial charge in [-0.2, -0.15) is 0 Å². The van der Waals surface area contributed by atoms with Crippen LogP contribution in [0, 0.1) is 0 Å². The van der Waals surface area contributed by atoms with Gasteiger partial charge in [0.15, 0.2) is 5.76 Å². The fourth-order valence-electron chi connectivity index (χ4n) is 2.54. The second kappa shape index (κ2) is 7.28. The molecular formula is C19H13F3N2O4. The van der Waals surface area contributed by atoms with Gasteiger partial charge in [0.2, 0.25) is 5.88 Å². The second-order valence-corrected chi connectivity index (χ2v) is 5.75. The molecule has 3 aromatic rings. The van der Waals surface area contributed by atoms with E-state index in [1.54, 1.807) is 36.6 Å². The van der Waals surface area contributed by atoms with Crippen molar-refractivity contribution in [2.24, 2.45) is 0 Å². The van der Waals surface area contributed by atoms with Gasteiger partial charge in [-0.05, 0) is 42.0 Å². The monoisotopic (exact) mass is 390 g/mol. The highest BCUT2D eigenvalue weighted by Crippen LogP contribution is 2.29. The van der Waals surface area contributed by atoms with Crippen molar-refractivity contribution in [3.8, 4) is 23.0 Å². The van der Waals surface area contributed by atoms with Crippen LogP contribution in [0.1, 0.15) is 11.7 Å². The Hall–Kier alpha value is -3.46. The molecule has 1 atom stereocenters. The van der Waals surface area contributed by atoms with Crippen LogP contribution in [-0.4, -0.2) is 11.3 Å². The number of furan rings is 1. The van der Waals surface area contributed by atoms with Crippen LogP contribution in [0.15, 0.2) is 77.4 Å². The molecule has 0 aliphatic carbocycles. The number of halogens is 3. The Morgan fingerprint density at radius 2 is 1.79 bits per heavy atom. The molecule has 1 aliphatic rings. The van der Waals surface area contributed by atoms with Crippen molar-refractivity contribution in [3.63, 3.8) is 0 Å². The molecule has 9 heteroatoms. The maximum Gasteiger partial charge on any atom is 0.573 e. The van der Waals surface area contributed by atoms with Crippen LogP contribution in [0.25, 0.3) is 11.5 Å². The minimum absolute atomic E-state index is 0.301. The molecule has 0 amide bonds. The van der Waals surface area contributed by atoms with Crippen molar-refractivity contribution in [2.75, 3.05) is 0 Å². The van der Waals surface area contributed by atoms with Crippen molar-refractivity contribution in [1.29, 1.82) is 0 Å². The Bertz CT molecular complexity index is 952. The van der Waals surface area contributed by atoms with Crippen LogP contribution < -0.4 is 15.0 Å². The zero-order valence-electron chi connectivity index (χ0n) is 14.1. The number of ether oxygens (including phenoxy) is 2. The lowest BCUT2D eigenvalue weighted by Gasteiger charge is -2.11. The van der Waals surface area contributed by atoms with E-state index in [9.17, 15) is 13.2 Å². The molecular weight excluding hydrogens is 377 g/mol. The first-order chi connectivity index (χ1) is 13.5. The number of hydrogen-bond acceptors (Lipinski definition) is 6. The van der Waals surface area contributed by atoms with E-state index in [0.29, 0.717) is 28.7 Å². The summed E-state index contributed by atoms with van der Waals surface area (Å²) >= 11 is 0. The number of alkyl halides is 3. The minimum atomic E-state index is -4.73. The predicted molar refractivity (Wildman–Crippen MR) is 90.7 cm³/mol. The van der Waals surface area contributed by atoms with E-state index < -0.39 is 12.5 Å². The van der Waals surface area contributed by atoms with Crippen LogP contribution in [0.2, 0.25) is 0 Å². The highest BCUT2D eigenvalue weighted by Gasteiger charge is 2.31. The molecule has 1 aromatic carbocycles. The van der Waals surface area contributed by atoms with Gasteiger partial charge in [0.05, 0.1) is 12.5 Å². The van der Waals surface area contributed by atoms with Gasteiger partial charge in [0, 0.05) is 6.08 Å². The third-order valence-corrected chi connectivity index (χ3v) is 3.77. The lowest BCUT2D eigenvalue weighted by atomic mass is 10.1. The topological polar surface area (TPSA) is 65.8 Å². The highest BCUT2D eigenvalue weighted by atomic mass is 19.4. The molecule has 1 aliphatic heterocycles. The third-order valence-electron chi connectivity index (χ3n) is 3.77. The minimum Gasteiger partial charge on any atom is -0.463 e. The Labute approximate surface area is 157 Å². The normalized spacial score (nSPS) is 16.4. The molecule has 2 aromatic heterocycles. The van der Waals surface area contributed by atoms with E-state index >= 15 is 0 Å². The number of hydrogen-bond donors (Lipinski definition) is 1. The standard InChI is InChI=1S/C19H13F3N2O4/c20-19(21,22)27-13-5-3-12(4-6-13)17-10-18(24-28-17)26-14-7-8-15(23-11-14)16-2-1-9-25-16/h1-11,17,24H/t17-/m1/s1. The van der Waals surface area contributed by atoms with Gasteiger partial charge in [-0.3, -0.25) is 4.84 Å². The zero-order chi connectivity index (χ0) is 19.6. The summed E-state index contributed by atoms with van der Waals surface area (Å²) in [5, 5.41) is 0. The van der Waals surface area contributed by atoms with E-state index in [-0.39, 0.29) is 5.75 Å². The summed E-state index contributed by atoms with van der Waals surface area (Å²) < 4.78 is 51.4. The van der Waals surface area contributed by atoms with Crippen molar-refractivity contribution < 1.29 is 31.9 Å². The lowest BCUT2D eigenvalue weighted by molar-refractivity contribution is -0.274. The quantitative estimate of drug-likeness (QED) is 0.679. The van der Waals surface area contributed by atoms with Crippen molar-refractivity contribution in [1.82, 2.24) is 10.5 Å². The molecule has 0 unspecified atom stereocenters. The second-order valence-electron chi connectivity index (χ2n) is 5.75. The Balaban J connectivity index is 1.40. The smallest absolute Gasteiger partial charge is 0.463 e. The summed E-state index contributed by atoms with van der Waals surface area (Å²) in [5.41, 5.74) is 3.93. The summed E-state index contributed by atoms with van der Waals surface area (Å²) in [6, 6.07) is 12.4.